The number of aromatic nitrogens is 2. The molecular formula is C17H22N4O4. The lowest BCUT2D eigenvalue weighted by molar-refractivity contribution is -0.384. The number of hydrogen-bond donors (Lipinski definition) is 1. The molecule has 0 atom stereocenters. The number of imidazole rings is 1. The minimum atomic E-state index is -0.508. The second-order valence-corrected chi connectivity index (χ2v) is 6.01. The van der Waals surface area contributed by atoms with Gasteiger partial charge in [0.15, 0.2) is 0 Å². The van der Waals surface area contributed by atoms with Crippen LogP contribution in [0.15, 0.2) is 36.9 Å². The lowest BCUT2D eigenvalue weighted by atomic mass is 10.1. The molecule has 1 heterocycles. The normalized spacial score (nSPS) is 10.8. The largest absolute Gasteiger partial charge is 0.381 e. The molecule has 1 aromatic heterocycles. The van der Waals surface area contributed by atoms with Crippen molar-refractivity contribution in [3.05, 3.63) is 52.6 Å². The van der Waals surface area contributed by atoms with Crippen molar-refractivity contribution in [3.8, 4) is 5.69 Å². The van der Waals surface area contributed by atoms with Crippen LogP contribution in [0.25, 0.3) is 5.69 Å². The Hall–Kier alpha value is -2.74. The van der Waals surface area contributed by atoms with E-state index in [1.165, 1.54) is 23.2 Å². The minimum Gasteiger partial charge on any atom is -0.381 e. The fraction of sp³-hybridized carbons (Fsp3) is 0.412. The van der Waals surface area contributed by atoms with Crippen molar-refractivity contribution in [1.82, 2.24) is 14.9 Å². The van der Waals surface area contributed by atoms with E-state index in [1.807, 2.05) is 0 Å². The van der Waals surface area contributed by atoms with Crippen molar-refractivity contribution >= 4 is 11.6 Å². The number of hydrogen-bond acceptors (Lipinski definition) is 5. The number of ether oxygens (including phenoxy) is 1. The highest BCUT2D eigenvalue weighted by atomic mass is 16.6. The number of carbonyl (C=O) groups excluding carboxylic acids is 1. The highest BCUT2D eigenvalue weighted by molar-refractivity contribution is 5.95. The SMILES string of the molecule is CC(C)COCCCNC(=O)c1ccc(-n2ccnc2)c([N+](=O)[O-])c1. The lowest BCUT2D eigenvalue weighted by Crippen LogP contribution is -2.25. The van der Waals surface area contributed by atoms with Gasteiger partial charge >= 0.3 is 0 Å². The van der Waals surface area contributed by atoms with Gasteiger partial charge in [0, 0.05) is 43.8 Å². The Morgan fingerprint density at radius 2 is 2.24 bits per heavy atom. The molecule has 0 saturated heterocycles. The third kappa shape index (κ3) is 5.39. The van der Waals surface area contributed by atoms with E-state index in [0.717, 1.165) is 0 Å². The van der Waals surface area contributed by atoms with Crippen LogP contribution in [0.1, 0.15) is 30.6 Å². The van der Waals surface area contributed by atoms with Gasteiger partial charge in [-0.1, -0.05) is 13.8 Å². The predicted octanol–water partition coefficient (Wildman–Crippen LogP) is 2.57. The minimum absolute atomic E-state index is 0.147. The summed E-state index contributed by atoms with van der Waals surface area (Å²) in [5, 5.41) is 14.0. The average molecular weight is 346 g/mol. The number of benzene rings is 1. The zero-order valence-electron chi connectivity index (χ0n) is 14.3. The van der Waals surface area contributed by atoms with E-state index in [0.29, 0.717) is 37.8 Å². The van der Waals surface area contributed by atoms with Gasteiger partial charge in [-0.3, -0.25) is 14.9 Å². The van der Waals surface area contributed by atoms with Crippen molar-refractivity contribution < 1.29 is 14.5 Å². The number of amides is 1. The summed E-state index contributed by atoms with van der Waals surface area (Å²) in [4.78, 5) is 26.8. The molecule has 0 spiro atoms. The van der Waals surface area contributed by atoms with E-state index in [9.17, 15) is 14.9 Å². The second-order valence-electron chi connectivity index (χ2n) is 6.01. The van der Waals surface area contributed by atoms with Crippen LogP contribution in [-0.2, 0) is 4.74 Å². The number of carbonyl (C=O) groups is 1. The summed E-state index contributed by atoms with van der Waals surface area (Å²) in [6.07, 6.45) is 5.30. The maximum Gasteiger partial charge on any atom is 0.294 e. The van der Waals surface area contributed by atoms with E-state index in [4.69, 9.17) is 4.74 Å². The average Bonchev–Trinajstić information content (AvgIpc) is 3.11. The molecule has 0 unspecified atom stereocenters. The topological polar surface area (TPSA) is 99.3 Å². The van der Waals surface area contributed by atoms with Gasteiger partial charge < -0.3 is 14.6 Å². The molecule has 8 nitrogen and oxygen atoms in total. The molecule has 0 radical (unpaired) electrons. The molecule has 1 aromatic carbocycles. The highest BCUT2D eigenvalue weighted by Crippen LogP contribution is 2.24. The number of nitro benzene ring substituents is 1. The zero-order valence-corrected chi connectivity index (χ0v) is 14.3. The van der Waals surface area contributed by atoms with Crippen molar-refractivity contribution in [1.29, 1.82) is 0 Å². The van der Waals surface area contributed by atoms with Crippen LogP contribution in [0.2, 0.25) is 0 Å². The molecule has 2 aromatic rings. The Bertz CT molecular complexity index is 713. The molecule has 134 valence electrons. The maximum absolute atomic E-state index is 12.2. The molecule has 25 heavy (non-hydrogen) atoms. The van der Waals surface area contributed by atoms with Crippen LogP contribution < -0.4 is 5.32 Å². The maximum atomic E-state index is 12.2. The van der Waals surface area contributed by atoms with Crippen LogP contribution in [-0.4, -0.2) is 40.1 Å². The third-order valence-corrected chi connectivity index (χ3v) is 3.42. The van der Waals surface area contributed by atoms with Crippen molar-refractivity contribution in [2.24, 2.45) is 5.92 Å². The molecule has 0 fully saturated rings. The standard InChI is InChI=1S/C17H22N4O4/c1-13(2)11-25-9-3-6-19-17(22)14-4-5-15(16(10-14)21(23)24)20-8-7-18-12-20/h4-5,7-8,10,12-13H,3,6,9,11H2,1-2H3,(H,19,22). The molecule has 8 heteroatoms. The molecule has 1 amide bonds. The number of nitro groups is 1. The second kappa shape index (κ2) is 8.93. The van der Waals surface area contributed by atoms with Gasteiger partial charge in [0.1, 0.15) is 5.69 Å². The predicted molar refractivity (Wildman–Crippen MR) is 92.8 cm³/mol. The van der Waals surface area contributed by atoms with Gasteiger partial charge in [-0.2, -0.15) is 0 Å². The summed E-state index contributed by atoms with van der Waals surface area (Å²) >= 11 is 0. The summed E-state index contributed by atoms with van der Waals surface area (Å²) in [6.45, 7) is 5.85. The molecule has 0 bridgehead atoms. The van der Waals surface area contributed by atoms with Gasteiger partial charge in [-0.15, -0.1) is 0 Å². The Morgan fingerprint density at radius 1 is 1.44 bits per heavy atom. The van der Waals surface area contributed by atoms with Crippen LogP contribution >= 0.6 is 0 Å². The first kappa shape index (κ1) is 18.6. The molecule has 2 rings (SSSR count). The van der Waals surface area contributed by atoms with Crippen molar-refractivity contribution in [3.63, 3.8) is 0 Å². The van der Waals surface area contributed by atoms with Gasteiger partial charge in [-0.25, -0.2) is 4.98 Å². The Kier molecular flexibility index (Phi) is 6.64. The van der Waals surface area contributed by atoms with E-state index in [-0.39, 0.29) is 17.2 Å². The molecule has 0 saturated carbocycles. The number of nitrogens with one attached hydrogen (secondary N) is 1. The van der Waals surface area contributed by atoms with Gasteiger partial charge in [-0.05, 0) is 24.5 Å². The molecule has 0 aliphatic heterocycles. The Balaban J connectivity index is 1.96. The summed E-state index contributed by atoms with van der Waals surface area (Å²) in [5.41, 5.74) is 0.464. The van der Waals surface area contributed by atoms with E-state index < -0.39 is 4.92 Å². The summed E-state index contributed by atoms with van der Waals surface area (Å²) in [7, 11) is 0. The summed E-state index contributed by atoms with van der Waals surface area (Å²) < 4.78 is 6.97. The lowest BCUT2D eigenvalue weighted by Gasteiger charge is -2.09. The molecule has 0 aliphatic rings. The zero-order chi connectivity index (χ0) is 18.2. The smallest absolute Gasteiger partial charge is 0.294 e. The molecule has 1 N–H and O–H groups in total. The summed E-state index contributed by atoms with van der Waals surface area (Å²) in [5.74, 6) is 0.133. The van der Waals surface area contributed by atoms with Crippen molar-refractivity contribution in [2.75, 3.05) is 19.8 Å². The number of nitrogens with zero attached hydrogens (tertiary/aromatic N) is 3. The first-order valence-electron chi connectivity index (χ1n) is 8.11. The fourth-order valence-electron chi connectivity index (χ4n) is 2.23. The van der Waals surface area contributed by atoms with Crippen LogP contribution in [0, 0.1) is 16.0 Å². The van der Waals surface area contributed by atoms with E-state index in [1.54, 1.807) is 18.3 Å². The van der Waals surface area contributed by atoms with Crippen LogP contribution in [0.4, 0.5) is 5.69 Å². The van der Waals surface area contributed by atoms with Crippen molar-refractivity contribution in [2.45, 2.75) is 20.3 Å². The number of rotatable bonds is 9. The van der Waals surface area contributed by atoms with Gasteiger partial charge in [0.25, 0.3) is 11.6 Å². The van der Waals surface area contributed by atoms with Gasteiger partial charge in [0.05, 0.1) is 11.3 Å². The fourth-order valence-corrected chi connectivity index (χ4v) is 2.23. The molecular weight excluding hydrogens is 324 g/mol. The summed E-state index contributed by atoms with van der Waals surface area (Å²) in [6, 6.07) is 4.38. The molecule has 0 aliphatic carbocycles. The third-order valence-electron chi connectivity index (χ3n) is 3.42. The monoisotopic (exact) mass is 346 g/mol. The quantitative estimate of drug-likeness (QED) is 0.427. The Labute approximate surface area is 146 Å². The highest BCUT2D eigenvalue weighted by Gasteiger charge is 2.18. The first-order chi connectivity index (χ1) is 12.0. The van der Waals surface area contributed by atoms with E-state index >= 15 is 0 Å². The Morgan fingerprint density at radius 3 is 2.88 bits per heavy atom. The van der Waals surface area contributed by atoms with Gasteiger partial charge in [0.2, 0.25) is 0 Å². The van der Waals surface area contributed by atoms with E-state index in [2.05, 4.69) is 24.1 Å². The van der Waals surface area contributed by atoms with Crippen LogP contribution in [0.3, 0.4) is 0 Å². The first-order valence-corrected chi connectivity index (χ1v) is 8.11. The van der Waals surface area contributed by atoms with Crippen LogP contribution in [0.5, 0.6) is 0 Å².